The molecule has 0 unspecified atom stereocenters. The highest BCUT2D eigenvalue weighted by atomic mass is 32.1. The minimum Gasteiger partial charge on any atom is -0.228 e. The fraction of sp³-hybridized carbons (Fsp3) is 0. The minimum atomic E-state index is -0.440. The van der Waals surface area contributed by atoms with Crippen molar-refractivity contribution in [2.75, 3.05) is 0 Å². The Morgan fingerprint density at radius 1 is 0.429 bits per heavy atom. The molecule has 0 atom stereocenters. The summed E-state index contributed by atoms with van der Waals surface area (Å²) >= 11 is 1.73. The van der Waals surface area contributed by atoms with Crippen LogP contribution in [0.5, 0.6) is 0 Å². The van der Waals surface area contributed by atoms with Crippen molar-refractivity contribution in [1.29, 1.82) is 0 Å². The number of hydrogen-bond donors (Lipinski definition) is 0. The molecule has 8 aromatic carbocycles. The van der Waals surface area contributed by atoms with E-state index < -0.39 is 18.1 Å². The molecule has 2 nitrogen and oxygen atoms in total. The molecule has 0 fully saturated rings. The molecule has 0 spiro atoms. The van der Waals surface area contributed by atoms with Crippen LogP contribution in [-0.4, -0.2) is 9.97 Å². The standard InChI is InChI=1S/C46H28N2S/c1-3-13-29(14-4-1)41-28-42(30-15-5-2-6-16-30)48-46(47-41)39-23-12-24-43-44(39)38-22-11-21-32(45(38)49-43)31-25-26-37-35-19-8-7-17-33(35)34-18-9-10-20-36(34)40(37)27-31/h1-28H/i1D,3D,4D,13D,14D. The van der Waals surface area contributed by atoms with Gasteiger partial charge in [0.1, 0.15) is 0 Å². The fourth-order valence-electron chi connectivity index (χ4n) is 7.17. The Morgan fingerprint density at radius 3 is 1.76 bits per heavy atom. The predicted octanol–water partition coefficient (Wildman–Crippen LogP) is 13.0. The first-order valence-corrected chi connectivity index (χ1v) is 17.0. The van der Waals surface area contributed by atoms with E-state index in [9.17, 15) is 0 Å². The molecule has 0 saturated carbocycles. The molecule has 0 saturated heterocycles. The SMILES string of the molecule is [2H]c1c([2H])c([2H])c(-c2cc(-c3ccccc3)nc(-c3cccc4sc5c(-c6ccc7c8ccccc8c8ccccc8c7c6)cccc5c34)n2)c([2H])c1[2H]. The summed E-state index contributed by atoms with van der Waals surface area (Å²) in [5.74, 6) is 0.415. The summed E-state index contributed by atoms with van der Waals surface area (Å²) in [7, 11) is 0. The van der Waals surface area contributed by atoms with E-state index >= 15 is 0 Å². The van der Waals surface area contributed by atoms with E-state index in [0.29, 0.717) is 11.5 Å². The Bertz CT molecular complexity index is 3110. The molecule has 2 aromatic heterocycles. The molecular weight excluding hydrogens is 613 g/mol. The molecule has 0 aliphatic carbocycles. The monoisotopic (exact) mass is 645 g/mol. The van der Waals surface area contributed by atoms with Gasteiger partial charge >= 0.3 is 0 Å². The summed E-state index contributed by atoms with van der Waals surface area (Å²) < 4.78 is 44.6. The van der Waals surface area contributed by atoms with Crippen LogP contribution in [-0.2, 0) is 0 Å². The summed E-state index contributed by atoms with van der Waals surface area (Å²) in [4.78, 5) is 10.0. The van der Waals surface area contributed by atoms with Gasteiger partial charge in [-0.05, 0) is 61.6 Å². The van der Waals surface area contributed by atoms with Gasteiger partial charge in [0.25, 0.3) is 0 Å². The molecule has 2 heterocycles. The largest absolute Gasteiger partial charge is 0.228 e. The smallest absolute Gasteiger partial charge is 0.161 e. The second-order valence-corrected chi connectivity index (χ2v) is 13.2. The van der Waals surface area contributed by atoms with E-state index in [1.165, 1.54) is 32.3 Å². The van der Waals surface area contributed by atoms with Crippen LogP contribution in [0.15, 0.2) is 170 Å². The number of fused-ring (bicyclic) bond motifs is 9. The van der Waals surface area contributed by atoms with Crippen molar-refractivity contribution < 1.29 is 6.85 Å². The zero-order chi connectivity index (χ0) is 36.7. The molecule has 0 aliphatic heterocycles. The van der Waals surface area contributed by atoms with Gasteiger partial charge in [-0.15, -0.1) is 11.3 Å². The lowest BCUT2D eigenvalue weighted by Gasteiger charge is -2.12. The lowest BCUT2D eigenvalue weighted by atomic mass is 9.92. The zero-order valence-electron chi connectivity index (χ0n) is 31.1. The van der Waals surface area contributed by atoms with Crippen LogP contribution in [0.2, 0.25) is 0 Å². The second-order valence-electron chi connectivity index (χ2n) is 12.1. The van der Waals surface area contributed by atoms with Gasteiger partial charge in [0.05, 0.1) is 18.2 Å². The zero-order valence-corrected chi connectivity index (χ0v) is 26.9. The van der Waals surface area contributed by atoms with Crippen LogP contribution in [0.1, 0.15) is 6.85 Å². The van der Waals surface area contributed by atoms with E-state index in [2.05, 4.69) is 91.0 Å². The maximum atomic E-state index is 8.75. The van der Waals surface area contributed by atoms with Crippen molar-refractivity contribution in [3.63, 3.8) is 0 Å². The third-order valence-electron chi connectivity index (χ3n) is 9.37. The van der Waals surface area contributed by atoms with E-state index in [-0.39, 0.29) is 23.3 Å². The summed E-state index contributed by atoms with van der Waals surface area (Å²) in [5, 5.41) is 9.48. The van der Waals surface area contributed by atoms with Crippen LogP contribution in [0.3, 0.4) is 0 Å². The number of hydrogen-bond acceptors (Lipinski definition) is 3. The summed E-state index contributed by atoms with van der Waals surface area (Å²) in [6.45, 7) is 0. The quantitative estimate of drug-likeness (QED) is 0.178. The fourth-order valence-corrected chi connectivity index (χ4v) is 8.43. The van der Waals surface area contributed by atoms with Crippen LogP contribution in [0, 0.1) is 0 Å². The van der Waals surface area contributed by atoms with Gasteiger partial charge in [0, 0.05) is 36.9 Å². The van der Waals surface area contributed by atoms with Crippen molar-refractivity contribution in [3.05, 3.63) is 170 Å². The van der Waals surface area contributed by atoms with Gasteiger partial charge in [-0.2, -0.15) is 0 Å². The van der Waals surface area contributed by atoms with Gasteiger partial charge in [0.2, 0.25) is 0 Å². The van der Waals surface area contributed by atoms with Crippen LogP contribution >= 0.6 is 11.3 Å². The highest BCUT2D eigenvalue weighted by Crippen LogP contribution is 2.45. The van der Waals surface area contributed by atoms with Crippen molar-refractivity contribution >= 4 is 63.8 Å². The predicted molar refractivity (Wildman–Crippen MR) is 209 cm³/mol. The Hall–Kier alpha value is -6.16. The number of thiophene rings is 1. The third kappa shape index (κ3) is 4.55. The molecule has 0 bridgehead atoms. The Kier molecular flexibility index (Phi) is 5.32. The van der Waals surface area contributed by atoms with Crippen molar-refractivity contribution in [3.8, 4) is 45.0 Å². The van der Waals surface area contributed by atoms with Crippen molar-refractivity contribution in [1.82, 2.24) is 9.97 Å². The second kappa shape index (κ2) is 11.2. The maximum absolute atomic E-state index is 8.75. The highest BCUT2D eigenvalue weighted by molar-refractivity contribution is 7.26. The van der Waals surface area contributed by atoms with Gasteiger partial charge in [0.15, 0.2) is 5.82 Å². The molecule has 228 valence electrons. The van der Waals surface area contributed by atoms with E-state index in [4.69, 9.17) is 16.8 Å². The molecule has 49 heavy (non-hydrogen) atoms. The molecule has 0 radical (unpaired) electrons. The molecule has 0 amide bonds. The van der Waals surface area contributed by atoms with Gasteiger partial charge in [-0.1, -0.05) is 152 Å². The molecule has 0 N–H and O–H groups in total. The van der Waals surface area contributed by atoms with Gasteiger partial charge in [-0.25, -0.2) is 9.97 Å². The highest BCUT2D eigenvalue weighted by Gasteiger charge is 2.18. The topological polar surface area (TPSA) is 25.8 Å². The van der Waals surface area contributed by atoms with E-state index in [1.807, 2.05) is 42.5 Å². The number of benzene rings is 8. The van der Waals surface area contributed by atoms with Crippen LogP contribution in [0.4, 0.5) is 0 Å². The average Bonchev–Trinajstić information content (AvgIpc) is 3.62. The first-order valence-electron chi connectivity index (χ1n) is 18.7. The van der Waals surface area contributed by atoms with Crippen LogP contribution in [0.25, 0.3) is 97.5 Å². The van der Waals surface area contributed by atoms with E-state index in [0.717, 1.165) is 42.4 Å². The number of nitrogens with zero attached hydrogens (tertiary/aromatic N) is 2. The molecular formula is C46H28N2S. The summed E-state index contributed by atoms with van der Waals surface area (Å²) in [6.07, 6.45) is 0. The Morgan fingerprint density at radius 2 is 1.02 bits per heavy atom. The molecule has 10 aromatic rings. The van der Waals surface area contributed by atoms with Crippen molar-refractivity contribution in [2.45, 2.75) is 0 Å². The normalized spacial score (nSPS) is 13.1. The minimum absolute atomic E-state index is 0.0445. The van der Waals surface area contributed by atoms with Crippen LogP contribution < -0.4 is 0 Å². The van der Waals surface area contributed by atoms with Gasteiger partial charge in [-0.3, -0.25) is 0 Å². The molecule has 10 rings (SSSR count). The third-order valence-corrected chi connectivity index (χ3v) is 10.6. The lowest BCUT2D eigenvalue weighted by molar-refractivity contribution is 1.19. The Balaban J connectivity index is 1.21. The molecule has 0 aliphatic rings. The van der Waals surface area contributed by atoms with Gasteiger partial charge < -0.3 is 0 Å². The number of aromatic nitrogens is 2. The Labute approximate surface area is 294 Å². The maximum Gasteiger partial charge on any atom is 0.161 e. The molecule has 3 heteroatoms. The summed E-state index contributed by atoms with van der Waals surface area (Å²) in [6, 6.07) is 46.1. The summed E-state index contributed by atoms with van der Waals surface area (Å²) in [5.41, 5.74) is 4.81. The van der Waals surface area contributed by atoms with Crippen molar-refractivity contribution in [2.24, 2.45) is 0 Å². The number of rotatable bonds is 4. The average molecular weight is 646 g/mol. The lowest BCUT2D eigenvalue weighted by Crippen LogP contribution is -1.96. The first-order chi connectivity index (χ1) is 26.4. The first kappa shape index (κ1) is 23.2. The van der Waals surface area contributed by atoms with E-state index in [1.54, 1.807) is 17.4 Å².